The minimum atomic E-state index is -0.361. The first-order chi connectivity index (χ1) is 14.0. The maximum absolute atomic E-state index is 11.9. The Morgan fingerprint density at radius 2 is 1.93 bits per heavy atom. The lowest BCUT2D eigenvalue weighted by molar-refractivity contribution is -0.122. The maximum Gasteiger partial charge on any atom is 0.277 e. The second kappa shape index (κ2) is 9.78. The highest BCUT2D eigenvalue weighted by Gasteiger charge is 2.12. The molecule has 1 aromatic heterocycles. The number of carbonyl (C=O) groups excluding carboxylic acids is 2. The molecule has 9 heteroatoms. The summed E-state index contributed by atoms with van der Waals surface area (Å²) in [4.78, 5) is 23.9. The molecule has 3 rings (SSSR count). The Morgan fingerprint density at radius 1 is 1.14 bits per heavy atom. The fourth-order valence-corrected chi connectivity index (χ4v) is 2.95. The molecule has 0 aliphatic heterocycles. The van der Waals surface area contributed by atoms with E-state index >= 15 is 0 Å². The van der Waals surface area contributed by atoms with Crippen molar-refractivity contribution in [3.63, 3.8) is 0 Å². The van der Waals surface area contributed by atoms with E-state index in [1.807, 2.05) is 0 Å². The van der Waals surface area contributed by atoms with E-state index in [1.165, 1.54) is 0 Å². The number of nitrogens with one attached hydrogen (secondary N) is 2. The Kier molecular flexibility index (Phi) is 6.89. The molecule has 0 aliphatic carbocycles. The van der Waals surface area contributed by atoms with E-state index in [0.717, 1.165) is 17.3 Å². The molecule has 0 saturated heterocycles. The number of halogens is 1. The Hall–Kier alpha value is -3.28. The van der Waals surface area contributed by atoms with Crippen molar-refractivity contribution in [3.8, 4) is 23.8 Å². The number of carbonyl (C=O) groups is 2. The quantitative estimate of drug-likeness (QED) is 0.444. The molecule has 0 saturated carbocycles. The smallest absolute Gasteiger partial charge is 0.277 e. The maximum atomic E-state index is 11.9. The molecule has 146 valence electrons. The number of aromatic nitrogens is 2. The zero-order valence-electron chi connectivity index (χ0n) is 15.0. The van der Waals surface area contributed by atoms with E-state index in [1.54, 1.807) is 48.5 Å². The van der Waals surface area contributed by atoms with Gasteiger partial charge in [-0.15, -0.1) is 16.6 Å². The number of thioether (sulfide) groups is 1. The molecule has 2 N–H and O–H groups in total. The molecule has 0 unspecified atom stereocenters. The van der Waals surface area contributed by atoms with Gasteiger partial charge in [0.05, 0.1) is 12.3 Å². The number of hydrogen-bond acceptors (Lipinski definition) is 6. The zero-order chi connectivity index (χ0) is 20.6. The second-order valence-electron chi connectivity index (χ2n) is 5.72. The van der Waals surface area contributed by atoms with Crippen LogP contribution in [0.2, 0.25) is 5.02 Å². The number of amides is 2. The molecule has 7 nitrogen and oxygen atoms in total. The van der Waals surface area contributed by atoms with E-state index in [4.69, 9.17) is 22.4 Å². The average Bonchev–Trinajstić information content (AvgIpc) is 3.20. The van der Waals surface area contributed by atoms with Crippen LogP contribution in [-0.2, 0) is 9.59 Å². The fourth-order valence-electron chi connectivity index (χ4n) is 2.23. The van der Waals surface area contributed by atoms with Crippen molar-refractivity contribution < 1.29 is 14.0 Å². The molecule has 0 atom stereocenters. The highest BCUT2D eigenvalue weighted by Crippen LogP contribution is 2.24. The van der Waals surface area contributed by atoms with E-state index in [-0.39, 0.29) is 29.3 Å². The van der Waals surface area contributed by atoms with Gasteiger partial charge < -0.3 is 15.1 Å². The normalized spacial score (nSPS) is 10.2. The first-order valence-electron chi connectivity index (χ1n) is 8.39. The first-order valence-corrected chi connectivity index (χ1v) is 9.75. The zero-order valence-corrected chi connectivity index (χ0v) is 16.6. The van der Waals surface area contributed by atoms with Gasteiger partial charge in [-0.1, -0.05) is 35.3 Å². The van der Waals surface area contributed by atoms with Crippen molar-refractivity contribution >= 4 is 40.9 Å². The first kappa shape index (κ1) is 20.5. The lowest BCUT2D eigenvalue weighted by atomic mass is 10.2. The third-order valence-electron chi connectivity index (χ3n) is 3.58. The van der Waals surface area contributed by atoms with Gasteiger partial charge in [-0.3, -0.25) is 9.59 Å². The predicted octanol–water partition coefficient (Wildman–Crippen LogP) is 3.22. The van der Waals surface area contributed by atoms with Gasteiger partial charge in [0, 0.05) is 21.8 Å². The van der Waals surface area contributed by atoms with Gasteiger partial charge in [-0.2, -0.15) is 0 Å². The monoisotopic (exact) mass is 426 g/mol. The van der Waals surface area contributed by atoms with E-state index in [2.05, 4.69) is 26.8 Å². The summed E-state index contributed by atoms with van der Waals surface area (Å²) in [5.74, 6) is 2.15. The molecule has 3 aromatic rings. The summed E-state index contributed by atoms with van der Waals surface area (Å²) in [5, 5.41) is 13.9. The van der Waals surface area contributed by atoms with Gasteiger partial charge in [0.2, 0.25) is 17.7 Å². The van der Waals surface area contributed by atoms with Crippen molar-refractivity contribution in [3.05, 3.63) is 59.1 Å². The molecule has 1 heterocycles. The van der Waals surface area contributed by atoms with Gasteiger partial charge in [0.15, 0.2) is 0 Å². The summed E-state index contributed by atoms with van der Waals surface area (Å²) >= 11 is 6.92. The second-order valence-corrected chi connectivity index (χ2v) is 7.08. The van der Waals surface area contributed by atoms with E-state index in [9.17, 15) is 9.59 Å². The number of anilines is 1. The van der Waals surface area contributed by atoms with Crippen LogP contribution in [0, 0.1) is 12.3 Å². The summed E-state index contributed by atoms with van der Waals surface area (Å²) in [6.45, 7) is -0.167. The number of hydrogen-bond donors (Lipinski definition) is 2. The van der Waals surface area contributed by atoms with Gasteiger partial charge in [-0.25, -0.2) is 0 Å². The van der Waals surface area contributed by atoms with Crippen molar-refractivity contribution in [1.82, 2.24) is 15.5 Å². The highest BCUT2D eigenvalue weighted by atomic mass is 35.5. The minimum Gasteiger partial charge on any atom is -0.411 e. The summed E-state index contributed by atoms with van der Waals surface area (Å²) in [6, 6.07) is 13.8. The molecular formula is C20H15ClN4O3S. The minimum absolute atomic E-state index is 0.0299. The van der Waals surface area contributed by atoms with Crippen LogP contribution >= 0.6 is 23.4 Å². The predicted molar refractivity (Wildman–Crippen MR) is 111 cm³/mol. The number of rotatable bonds is 7. The summed E-state index contributed by atoms with van der Waals surface area (Å²) in [6.07, 6.45) is 5.33. The molecule has 0 fully saturated rings. The van der Waals surface area contributed by atoms with Crippen molar-refractivity contribution in [2.75, 3.05) is 17.6 Å². The summed E-state index contributed by atoms with van der Waals surface area (Å²) in [5.41, 5.74) is 1.94. The van der Waals surface area contributed by atoms with Crippen LogP contribution in [0.3, 0.4) is 0 Å². The molecule has 0 radical (unpaired) electrons. The molecular weight excluding hydrogens is 412 g/mol. The van der Waals surface area contributed by atoms with Crippen LogP contribution in [0.15, 0.2) is 58.2 Å². The van der Waals surface area contributed by atoms with Crippen molar-refractivity contribution in [2.24, 2.45) is 0 Å². The lowest BCUT2D eigenvalue weighted by Gasteiger charge is -2.06. The van der Waals surface area contributed by atoms with Gasteiger partial charge in [-0.05, 0) is 42.5 Å². The van der Waals surface area contributed by atoms with Crippen LogP contribution < -0.4 is 10.6 Å². The van der Waals surface area contributed by atoms with Gasteiger partial charge in [0.1, 0.15) is 0 Å². The molecule has 29 heavy (non-hydrogen) atoms. The largest absolute Gasteiger partial charge is 0.411 e. The van der Waals surface area contributed by atoms with Crippen LogP contribution in [0.25, 0.3) is 11.5 Å². The van der Waals surface area contributed by atoms with Crippen molar-refractivity contribution in [2.45, 2.75) is 5.22 Å². The molecule has 0 spiro atoms. The van der Waals surface area contributed by atoms with Gasteiger partial charge in [0.25, 0.3) is 5.22 Å². The Labute approximate surface area is 176 Å². The van der Waals surface area contributed by atoms with Crippen molar-refractivity contribution in [1.29, 1.82) is 0 Å². The van der Waals surface area contributed by atoms with Crippen LogP contribution in [0.4, 0.5) is 5.69 Å². The van der Waals surface area contributed by atoms with E-state index < -0.39 is 0 Å². The number of terminal acetylenes is 1. The lowest BCUT2D eigenvalue weighted by Crippen LogP contribution is -2.33. The fraction of sp³-hybridized carbons (Fsp3) is 0.100. The Morgan fingerprint density at radius 3 is 2.69 bits per heavy atom. The molecule has 2 aromatic carbocycles. The van der Waals surface area contributed by atoms with Crippen LogP contribution in [-0.4, -0.2) is 34.3 Å². The van der Waals surface area contributed by atoms with Crippen LogP contribution in [0.5, 0.6) is 0 Å². The summed E-state index contributed by atoms with van der Waals surface area (Å²) < 4.78 is 5.51. The SMILES string of the molecule is C#Cc1cccc(NC(=O)CNC(=O)CSc2nnc(-c3ccc(Cl)cc3)o2)c1. The third kappa shape index (κ3) is 6.10. The van der Waals surface area contributed by atoms with Gasteiger partial charge >= 0.3 is 0 Å². The summed E-state index contributed by atoms with van der Waals surface area (Å²) in [7, 11) is 0. The van der Waals surface area contributed by atoms with Crippen LogP contribution in [0.1, 0.15) is 5.56 Å². The standard InChI is InChI=1S/C20H15ClN4O3S/c1-2-13-4-3-5-16(10-13)23-17(26)11-22-18(27)12-29-20-25-24-19(28-20)14-6-8-15(21)9-7-14/h1,3-10H,11-12H2,(H,22,27)(H,23,26). The topological polar surface area (TPSA) is 97.1 Å². The average molecular weight is 427 g/mol. The molecule has 0 aliphatic rings. The number of nitrogens with zero attached hydrogens (tertiary/aromatic N) is 2. The van der Waals surface area contributed by atoms with E-state index in [0.29, 0.717) is 22.2 Å². The highest BCUT2D eigenvalue weighted by molar-refractivity contribution is 7.99. The molecule has 2 amide bonds. The Bertz CT molecular complexity index is 1060. The number of benzene rings is 2. The molecule has 0 bridgehead atoms. The third-order valence-corrected chi connectivity index (χ3v) is 4.65. The Balaban J connectivity index is 1.43.